The minimum absolute atomic E-state index is 0.0913. The quantitative estimate of drug-likeness (QED) is 0.477. The fourth-order valence-electron chi connectivity index (χ4n) is 4.54. The van der Waals surface area contributed by atoms with Crippen LogP contribution in [0.25, 0.3) is 0 Å². The molecule has 0 bridgehead atoms. The Balaban J connectivity index is 1.28. The second-order valence-corrected chi connectivity index (χ2v) is 9.70. The van der Waals surface area contributed by atoms with Crippen molar-refractivity contribution in [3.63, 3.8) is 0 Å². The summed E-state index contributed by atoms with van der Waals surface area (Å²) >= 11 is 1.30. The van der Waals surface area contributed by atoms with E-state index in [-0.39, 0.29) is 24.8 Å². The number of ether oxygens (including phenoxy) is 1. The van der Waals surface area contributed by atoms with E-state index in [0.717, 1.165) is 35.4 Å². The molecule has 4 rings (SSSR count). The number of aryl methyl sites for hydroxylation is 1. The number of urea groups is 1. The predicted molar refractivity (Wildman–Crippen MR) is 126 cm³/mol. The van der Waals surface area contributed by atoms with Crippen LogP contribution in [0.3, 0.4) is 0 Å². The summed E-state index contributed by atoms with van der Waals surface area (Å²) in [6.45, 7) is 1.41. The van der Waals surface area contributed by atoms with Crippen molar-refractivity contribution in [2.24, 2.45) is 0 Å². The van der Waals surface area contributed by atoms with E-state index in [4.69, 9.17) is 4.74 Å². The molecule has 34 heavy (non-hydrogen) atoms. The van der Waals surface area contributed by atoms with Crippen molar-refractivity contribution in [1.82, 2.24) is 14.8 Å². The minimum Gasteiger partial charge on any atom is -0.458 e. The largest absolute Gasteiger partial charge is 0.458 e. The second kappa shape index (κ2) is 9.92. The Hall–Kier alpha value is -3.27. The molecule has 1 saturated heterocycles. The molecule has 2 heterocycles. The zero-order valence-electron chi connectivity index (χ0n) is 19.3. The van der Waals surface area contributed by atoms with Gasteiger partial charge in [0.15, 0.2) is 0 Å². The van der Waals surface area contributed by atoms with Crippen molar-refractivity contribution in [2.75, 3.05) is 18.9 Å². The van der Waals surface area contributed by atoms with Crippen LogP contribution < -0.4 is 5.32 Å². The number of carbonyl (C=O) groups is 4. The zero-order valence-corrected chi connectivity index (χ0v) is 20.2. The predicted octanol–water partition coefficient (Wildman–Crippen LogP) is 3.27. The first-order valence-electron chi connectivity index (χ1n) is 11.3. The number of carbonyl (C=O) groups excluding carboxylic acids is 4. The van der Waals surface area contributed by atoms with Crippen LogP contribution in [0.4, 0.5) is 10.5 Å². The number of esters is 1. The van der Waals surface area contributed by atoms with E-state index >= 15 is 0 Å². The number of thiazole rings is 1. The molecule has 2 aromatic rings. The molecule has 0 radical (unpaired) electrons. The maximum absolute atomic E-state index is 13.0. The first-order valence-corrected chi connectivity index (χ1v) is 12.2. The van der Waals surface area contributed by atoms with Crippen LogP contribution in [0.1, 0.15) is 48.4 Å². The minimum atomic E-state index is -0.821. The van der Waals surface area contributed by atoms with Gasteiger partial charge in [-0.2, -0.15) is 0 Å². The molecular formula is C24H28N4O5S. The van der Waals surface area contributed by atoms with E-state index in [0.29, 0.717) is 23.5 Å². The molecule has 0 unspecified atom stereocenters. The first-order chi connectivity index (χ1) is 16.3. The highest BCUT2D eigenvalue weighted by Gasteiger charge is 2.55. The van der Waals surface area contributed by atoms with E-state index in [1.807, 2.05) is 31.2 Å². The molecule has 9 nitrogen and oxygen atoms in total. The Morgan fingerprint density at radius 3 is 2.65 bits per heavy atom. The number of anilines is 1. The molecule has 1 N–H and O–H groups in total. The normalized spacial score (nSPS) is 17.4. The zero-order chi connectivity index (χ0) is 24.3. The highest BCUT2D eigenvalue weighted by Crippen LogP contribution is 2.39. The van der Waals surface area contributed by atoms with Crippen LogP contribution in [0.5, 0.6) is 0 Å². The number of rotatable bonds is 7. The van der Waals surface area contributed by atoms with Gasteiger partial charge in [-0.1, -0.05) is 37.5 Å². The number of benzene rings is 1. The summed E-state index contributed by atoms with van der Waals surface area (Å²) in [6, 6.07) is 7.06. The molecule has 1 aromatic heterocycles. The third-order valence-corrected chi connectivity index (χ3v) is 7.38. The first kappa shape index (κ1) is 23.9. The average Bonchev–Trinajstić information content (AvgIpc) is 3.34. The van der Waals surface area contributed by atoms with E-state index in [2.05, 4.69) is 10.3 Å². The topological polar surface area (TPSA) is 109 Å². The number of para-hydroxylation sites is 1. The lowest BCUT2D eigenvalue weighted by atomic mass is 9.81. The van der Waals surface area contributed by atoms with Gasteiger partial charge in [-0.25, -0.2) is 9.78 Å². The highest BCUT2D eigenvalue weighted by molar-refractivity contribution is 7.09. The van der Waals surface area contributed by atoms with Gasteiger partial charge in [0.05, 0.1) is 12.1 Å². The summed E-state index contributed by atoms with van der Waals surface area (Å²) in [6.07, 6.45) is 4.17. The number of nitrogens with zero attached hydrogens (tertiary/aromatic N) is 3. The summed E-state index contributed by atoms with van der Waals surface area (Å²) < 4.78 is 5.27. The SMILES string of the molecule is Cc1ccccc1NC(=O)Cc1nc(COC(=O)CN2C(=O)N(C)C3(CCCCC3)C2=O)cs1. The lowest BCUT2D eigenvalue weighted by Gasteiger charge is -2.35. The van der Waals surface area contributed by atoms with Gasteiger partial charge in [0.2, 0.25) is 5.91 Å². The molecule has 180 valence electrons. The lowest BCUT2D eigenvalue weighted by Crippen LogP contribution is -2.49. The molecule has 2 aliphatic rings. The van der Waals surface area contributed by atoms with Gasteiger partial charge in [0, 0.05) is 18.1 Å². The fourth-order valence-corrected chi connectivity index (χ4v) is 5.32. The van der Waals surface area contributed by atoms with Crippen molar-refractivity contribution in [3.05, 3.63) is 45.9 Å². The van der Waals surface area contributed by atoms with Gasteiger partial charge in [-0.3, -0.25) is 19.3 Å². The molecule has 1 aliphatic carbocycles. The van der Waals surface area contributed by atoms with Crippen molar-refractivity contribution in [1.29, 1.82) is 0 Å². The maximum Gasteiger partial charge on any atom is 0.327 e. The Morgan fingerprint density at radius 1 is 1.18 bits per heavy atom. The number of amides is 4. The number of likely N-dealkylation sites (N-methyl/N-ethyl adjacent to an activating group) is 1. The number of imide groups is 1. The molecular weight excluding hydrogens is 456 g/mol. The molecule has 1 aliphatic heterocycles. The molecule has 10 heteroatoms. The van der Waals surface area contributed by atoms with Crippen LogP contribution in [0.15, 0.2) is 29.6 Å². The van der Waals surface area contributed by atoms with E-state index < -0.39 is 24.1 Å². The van der Waals surface area contributed by atoms with Crippen molar-refractivity contribution >= 4 is 40.8 Å². The Kier molecular flexibility index (Phi) is 6.97. The van der Waals surface area contributed by atoms with Gasteiger partial charge >= 0.3 is 12.0 Å². The molecule has 0 atom stereocenters. The summed E-state index contributed by atoms with van der Waals surface area (Å²) in [4.78, 5) is 57.1. The lowest BCUT2D eigenvalue weighted by molar-refractivity contribution is -0.149. The third-order valence-electron chi connectivity index (χ3n) is 6.48. The fraction of sp³-hybridized carbons (Fsp3) is 0.458. The Labute approximate surface area is 202 Å². The smallest absolute Gasteiger partial charge is 0.327 e. The summed E-state index contributed by atoms with van der Waals surface area (Å²) in [5.74, 6) is -1.17. The summed E-state index contributed by atoms with van der Waals surface area (Å²) in [5.41, 5.74) is 1.41. The monoisotopic (exact) mass is 484 g/mol. The van der Waals surface area contributed by atoms with E-state index in [1.54, 1.807) is 12.4 Å². The molecule has 4 amide bonds. The van der Waals surface area contributed by atoms with Crippen LogP contribution in [0, 0.1) is 6.92 Å². The summed E-state index contributed by atoms with van der Waals surface area (Å²) in [5, 5.41) is 5.19. The van der Waals surface area contributed by atoms with Crippen LogP contribution >= 0.6 is 11.3 Å². The van der Waals surface area contributed by atoms with Crippen LogP contribution in [0.2, 0.25) is 0 Å². The maximum atomic E-state index is 13.0. The Bertz CT molecular complexity index is 1110. The van der Waals surface area contributed by atoms with Crippen LogP contribution in [-0.2, 0) is 32.1 Å². The molecule has 2 fully saturated rings. The summed E-state index contributed by atoms with van der Waals surface area (Å²) in [7, 11) is 1.63. The van der Waals surface area contributed by atoms with Gasteiger partial charge in [0.1, 0.15) is 23.7 Å². The van der Waals surface area contributed by atoms with Gasteiger partial charge in [-0.15, -0.1) is 11.3 Å². The van der Waals surface area contributed by atoms with Crippen molar-refractivity contribution in [2.45, 2.75) is 57.6 Å². The van der Waals surface area contributed by atoms with Crippen LogP contribution in [-0.4, -0.2) is 57.7 Å². The number of hydrogen-bond donors (Lipinski definition) is 1. The van der Waals surface area contributed by atoms with Crippen molar-refractivity contribution < 1.29 is 23.9 Å². The Morgan fingerprint density at radius 2 is 1.91 bits per heavy atom. The standard InChI is InChI=1S/C24H28N4O5S/c1-16-8-4-5-9-18(16)26-19(29)12-20-25-17(15-34-20)14-33-21(30)13-28-22(31)24(27(2)23(28)32)10-6-3-7-11-24/h4-5,8-9,15H,3,6-7,10-14H2,1-2H3,(H,26,29). The average molecular weight is 485 g/mol. The van der Waals surface area contributed by atoms with Gasteiger partial charge < -0.3 is 15.0 Å². The van der Waals surface area contributed by atoms with Gasteiger partial charge in [0.25, 0.3) is 5.91 Å². The number of hydrogen-bond acceptors (Lipinski definition) is 7. The number of aromatic nitrogens is 1. The second-order valence-electron chi connectivity index (χ2n) is 8.76. The molecule has 1 spiro atoms. The molecule has 1 aromatic carbocycles. The molecule has 1 saturated carbocycles. The van der Waals surface area contributed by atoms with Crippen molar-refractivity contribution in [3.8, 4) is 0 Å². The van der Waals surface area contributed by atoms with E-state index in [1.165, 1.54) is 16.2 Å². The third kappa shape index (κ3) is 4.82. The number of nitrogens with one attached hydrogen (secondary N) is 1. The highest BCUT2D eigenvalue weighted by atomic mass is 32.1. The van der Waals surface area contributed by atoms with Gasteiger partial charge in [-0.05, 0) is 31.4 Å². The van der Waals surface area contributed by atoms with E-state index in [9.17, 15) is 19.2 Å².